The van der Waals surface area contributed by atoms with E-state index in [9.17, 15) is 0 Å². The molecular formula is C8H10N2O. The average molecular weight is 150 g/mol. The molecule has 0 unspecified atom stereocenters. The van der Waals surface area contributed by atoms with Crippen molar-refractivity contribution in [1.29, 1.82) is 0 Å². The van der Waals surface area contributed by atoms with Crippen molar-refractivity contribution in [3.05, 3.63) is 31.0 Å². The first-order valence-corrected chi connectivity index (χ1v) is 3.28. The molecule has 11 heavy (non-hydrogen) atoms. The normalized spacial score (nSPS) is 9.09. The Kier molecular flexibility index (Phi) is 2.49. The molecule has 1 aromatic rings. The Hall–Kier alpha value is -1.51. The van der Waals surface area contributed by atoms with Gasteiger partial charge in [0.25, 0.3) is 0 Å². The fraction of sp³-hybridized carbons (Fsp3) is 0.125. The van der Waals surface area contributed by atoms with Crippen molar-refractivity contribution in [2.24, 2.45) is 0 Å². The van der Waals surface area contributed by atoms with E-state index in [1.54, 1.807) is 24.4 Å². The number of ether oxygens (including phenoxy) is 1. The van der Waals surface area contributed by atoms with E-state index in [1.165, 1.54) is 0 Å². The lowest BCUT2D eigenvalue weighted by atomic mass is 10.4. The fourth-order valence-electron chi connectivity index (χ4n) is 0.673. The summed E-state index contributed by atoms with van der Waals surface area (Å²) >= 11 is 0. The van der Waals surface area contributed by atoms with Crippen LogP contribution in [0.25, 0.3) is 0 Å². The zero-order valence-electron chi connectivity index (χ0n) is 6.16. The highest BCUT2D eigenvalue weighted by atomic mass is 16.5. The standard InChI is InChI=1S/C8H10N2O/c1-2-5-11-7-3-4-10-8(9)6-7/h2-4,6H,1,5H2,(H2,9,10). The third kappa shape index (κ3) is 2.29. The molecule has 0 bridgehead atoms. The Labute approximate surface area is 65.5 Å². The molecule has 0 saturated heterocycles. The summed E-state index contributed by atoms with van der Waals surface area (Å²) < 4.78 is 5.20. The summed E-state index contributed by atoms with van der Waals surface area (Å²) in [6.07, 6.45) is 3.28. The van der Waals surface area contributed by atoms with Crippen LogP contribution in [0.15, 0.2) is 31.0 Å². The molecule has 1 rings (SSSR count). The Balaban J connectivity index is 2.63. The van der Waals surface area contributed by atoms with Gasteiger partial charge in [0, 0.05) is 12.3 Å². The van der Waals surface area contributed by atoms with Crippen molar-refractivity contribution in [2.45, 2.75) is 0 Å². The minimum absolute atomic E-state index is 0.464. The summed E-state index contributed by atoms with van der Waals surface area (Å²) in [6.45, 7) is 4.02. The van der Waals surface area contributed by atoms with Gasteiger partial charge in [-0.05, 0) is 6.07 Å². The lowest BCUT2D eigenvalue weighted by Gasteiger charge is -2.01. The van der Waals surface area contributed by atoms with Crippen molar-refractivity contribution in [1.82, 2.24) is 4.98 Å². The predicted octanol–water partition coefficient (Wildman–Crippen LogP) is 1.23. The number of pyridine rings is 1. The quantitative estimate of drug-likeness (QED) is 0.659. The largest absolute Gasteiger partial charge is 0.489 e. The number of nitrogens with zero attached hydrogens (tertiary/aromatic N) is 1. The second kappa shape index (κ2) is 3.61. The molecule has 0 aliphatic heterocycles. The van der Waals surface area contributed by atoms with Crippen LogP contribution in [0.2, 0.25) is 0 Å². The Bertz CT molecular complexity index is 248. The number of nitrogen functional groups attached to an aromatic ring is 1. The van der Waals surface area contributed by atoms with Gasteiger partial charge in [-0.1, -0.05) is 12.7 Å². The maximum Gasteiger partial charge on any atom is 0.126 e. The monoisotopic (exact) mass is 150 g/mol. The summed E-state index contributed by atoms with van der Waals surface area (Å²) in [7, 11) is 0. The summed E-state index contributed by atoms with van der Waals surface area (Å²) in [5.74, 6) is 1.18. The zero-order chi connectivity index (χ0) is 8.10. The molecule has 0 aliphatic rings. The van der Waals surface area contributed by atoms with Gasteiger partial charge in [-0.2, -0.15) is 0 Å². The number of aromatic nitrogens is 1. The van der Waals surface area contributed by atoms with Crippen molar-refractivity contribution < 1.29 is 4.74 Å². The lowest BCUT2D eigenvalue weighted by Crippen LogP contribution is -1.95. The van der Waals surface area contributed by atoms with Crippen LogP contribution in [0.5, 0.6) is 5.75 Å². The molecule has 58 valence electrons. The summed E-state index contributed by atoms with van der Waals surface area (Å²) in [6, 6.07) is 3.42. The smallest absolute Gasteiger partial charge is 0.126 e. The molecule has 0 spiro atoms. The molecule has 0 radical (unpaired) electrons. The van der Waals surface area contributed by atoms with Crippen molar-refractivity contribution in [3.8, 4) is 5.75 Å². The van der Waals surface area contributed by atoms with Crippen LogP contribution in [0.3, 0.4) is 0 Å². The first-order chi connectivity index (χ1) is 5.33. The fourth-order valence-corrected chi connectivity index (χ4v) is 0.673. The van der Waals surface area contributed by atoms with Crippen LogP contribution >= 0.6 is 0 Å². The van der Waals surface area contributed by atoms with Crippen LogP contribution < -0.4 is 10.5 Å². The van der Waals surface area contributed by atoms with Crippen LogP contribution in [0.4, 0.5) is 5.82 Å². The molecule has 0 amide bonds. The van der Waals surface area contributed by atoms with E-state index < -0.39 is 0 Å². The maximum absolute atomic E-state index is 5.41. The number of hydrogen-bond acceptors (Lipinski definition) is 3. The van der Waals surface area contributed by atoms with Gasteiger partial charge in [0.2, 0.25) is 0 Å². The molecule has 1 aromatic heterocycles. The van der Waals surface area contributed by atoms with Crippen molar-refractivity contribution in [2.75, 3.05) is 12.3 Å². The van der Waals surface area contributed by atoms with Crippen LogP contribution in [-0.2, 0) is 0 Å². The number of anilines is 1. The van der Waals surface area contributed by atoms with Gasteiger partial charge in [0.1, 0.15) is 18.2 Å². The average Bonchev–Trinajstić information content (AvgIpc) is 2.01. The summed E-state index contributed by atoms with van der Waals surface area (Å²) in [4.78, 5) is 3.82. The molecular weight excluding hydrogens is 140 g/mol. The summed E-state index contributed by atoms with van der Waals surface area (Å²) in [5, 5.41) is 0. The Morgan fingerprint density at radius 2 is 2.55 bits per heavy atom. The van der Waals surface area contributed by atoms with Crippen LogP contribution in [0.1, 0.15) is 0 Å². The second-order valence-corrected chi connectivity index (χ2v) is 2.02. The molecule has 0 fully saturated rings. The van der Waals surface area contributed by atoms with Crippen molar-refractivity contribution in [3.63, 3.8) is 0 Å². The van der Waals surface area contributed by atoms with E-state index in [2.05, 4.69) is 11.6 Å². The highest BCUT2D eigenvalue weighted by Gasteiger charge is 1.91. The number of hydrogen-bond donors (Lipinski definition) is 1. The minimum atomic E-state index is 0.464. The van der Waals surface area contributed by atoms with E-state index in [0.717, 1.165) is 5.75 Å². The van der Waals surface area contributed by atoms with Gasteiger partial charge >= 0.3 is 0 Å². The molecule has 3 nitrogen and oxygen atoms in total. The minimum Gasteiger partial charge on any atom is -0.489 e. The van der Waals surface area contributed by atoms with Gasteiger partial charge in [-0.3, -0.25) is 0 Å². The zero-order valence-corrected chi connectivity index (χ0v) is 6.16. The molecule has 1 heterocycles. The van der Waals surface area contributed by atoms with E-state index in [1.807, 2.05) is 0 Å². The number of nitrogens with two attached hydrogens (primary N) is 1. The molecule has 0 atom stereocenters. The first kappa shape index (κ1) is 7.60. The Morgan fingerprint density at radius 3 is 3.18 bits per heavy atom. The van der Waals surface area contributed by atoms with E-state index >= 15 is 0 Å². The summed E-state index contributed by atoms with van der Waals surface area (Å²) in [5.41, 5.74) is 5.41. The predicted molar refractivity (Wildman–Crippen MR) is 44.3 cm³/mol. The molecule has 0 aliphatic carbocycles. The van der Waals surface area contributed by atoms with E-state index in [0.29, 0.717) is 12.4 Å². The topological polar surface area (TPSA) is 48.1 Å². The molecule has 0 saturated carbocycles. The Morgan fingerprint density at radius 1 is 1.73 bits per heavy atom. The van der Waals surface area contributed by atoms with Gasteiger partial charge in [0.05, 0.1) is 0 Å². The van der Waals surface area contributed by atoms with Crippen LogP contribution in [-0.4, -0.2) is 11.6 Å². The highest BCUT2D eigenvalue weighted by Crippen LogP contribution is 2.11. The third-order valence-corrected chi connectivity index (χ3v) is 1.12. The van der Waals surface area contributed by atoms with Gasteiger partial charge in [-0.25, -0.2) is 4.98 Å². The van der Waals surface area contributed by atoms with Crippen LogP contribution in [0, 0.1) is 0 Å². The van der Waals surface area contributed by atoms with E-state index in [4.69, 9.17) is 10.5 Å². The second-order valence-electron chi connectivity index (χ2n) is 2.02. The molecule has 2 N–H and O–H groups in total. The SMILES string of the molecule is C=CCOc1ccnc(N)c1. The highest BCUT2D eigenvalue weighted by molar-refractivity contribution is 5.35. The van der Waals surface area contributed by atoms with Crippen molar-refractivity contribution >= 4 is 5.82 Å². The van der Waals surface area contributed by atoms with Gasteiger partial charge < -0.3 is 10.5 Å². The molecule has 3 heteroatoms. The number of rotatable bonds is 3. The molecule has 0 aromatic carbocycles. The lowest BCUT2D eigenvalue weighted by molar-refractivity contribution is 0.363. The van der Waals surface area contributed by atoms with Gasteiger partial charge in [-0.15, -0.1) is 0 Å². The first-order valence-electron chi connectivity index (χ1n) is 3.28. The third-order valence-electron chi connectivity index (χ3n) is 1.12. The van der Waals surface area contributed by atoms with E-state index in [-0.39, 0.29) is 0 Å². The van der Waals surface area contributed by atoms with Gasteiger partial charge in [0.15, 0.2) is 0 Å². The maximum atomic E-state index is 5.41.